The molecule has 0 saturated carbocycles. The second-order valence-corrected chi connectivity index (χ2v) is 9.82. The lowest BCUT2D eigenvalue weighted by atomic mass is 10.2. The van der Waals surface area contributed by atoms with Gasteiger partial charge < -0.3 is 45.0 Å². The number of aromatic nitrogens is 2. The number of aliphatic hydroxyl groups excluding tert-OH is 1. The number of aliphatic hydroxyl groups is 1. The molecular weight excluding hydrogens is 700 g/mol. The van der Waals surface area contributed by atoms with Gasteiger partial charge in [0.15, 0.2) is 23.2 Å². The summed E-state index contributed by atoms with van der Waals surface area (Å²) in [4.78, 5) is 34.0. The minimum Gasteiger partial charge on any atom is -0.515 e. The number of ether oxygens (including phenoxy) is 3. The highest BCUT2D eigenvalue weighted by atomic mass is 19.1. The zero-order valence-electron chi connectivity index (χ0n) is 29.0. The number of benzene rings is 1. The monoisotopic (exact) mass is 745 g/mol. The number of rotatable bonds is 15. The van der Waals surface area contributed by atoms with Crippen molar-refractivity contribution < 1.29 is 52.7 Å². The molecule has 0 aliphatic carbocycles. The average molecular weight is 746 g/mol. The first-order chi connectivity index (χ1) is 25.5. The van der Waals surface area contributed by atoms with Gasteiger partial charge in [-0.1, -0.05) is 36.4 Å². The molecule has 53 heavy (non-hydrogen) atoms. The van der Waals surface area contributed by atoms with Crippen molar-refractivity contribution in [2.24, 2.45) is 17.4 Å². The maximum Gasteiger partial charge on any atom is 0.338 e. The predicted octanol–water partition coefficient (Wildman–Crippen LogP) is 3.69. The van der Waals surface area contributed by atoms with Crippen LogP contribution in [0.5, 0.6) is 5.75 Å². The molecule has 2 aromatic rings. The number of nitrogens with one attached hydrogen (secondary N) is 1. The molecule has 1 aliphatic heterocycles. The number of halogens is 2. The summed E-state index contributed by atoms with van der Waals surface area (Å²) >= 11 is 0. The van der Waals surface area contributed by atoms with Gasteiger partial charge in [0.25, 0.3) is 5.97 Å². The Labute approximate surface area is 305 Å². The maximum atomic E-state index is 14.9. The van der Waals surface area contributed by atoms with Crippen LogP contribution in [-0.4, -0.2) is 93.9 Å². The van der Waals surface area contributed by atoms with Gasteiger partial charge in [0.05, 0.1) is 38.3 Å². The quantitative estimate of drug-likeness (QED) is 0.0201. The van der Waals surface area contributed by atoms with Crippen LogP contribution in [0.25, 0.3) is 11.9 Å². The van der Waals surface area contributed by atoms with Crippen LogP contribution in [0.3, 0.4) is 0 Å². The van der Waals surface area contributed by atoms with Gasteiger partial charge >= 0.3 is 5.97 Å². The molecule has 1 aromatic heterocycles. The number of amidine groups is 1. The Bertz CT molecular complexity index is 1630. The number of nitrogens with two attached hydrogens (primary N) is 3. The summed E-state index contributed by atoms with van der Waals surface area (Å²) in [6.45, 7) is 5.40. The highest BCUT2D eigenvalue weighted by Gasteiger charge is 2.12. The van der Waals surface area contributed by atoms with Crippen molar-refractivity contribution in [3.8, 4) is 5.75 Å². The van der Waals surface area contributed by atoms with Crippen molar-refractivity contribution in [3.63, 3.8) is 0 Å². The SMILES string of the molecule is C=O.CC(=O)O.N=C(\C=C/C=C\C=C(OCCCOc1cc(/C=C/C=C(\N)n2ccnc2)ccc1F)/C(F)=C\C(=C/O)C(=O)O)N1CCOCC1.NN. The molecule has 288 valence electrons. The first-order valence-electron chi connectivity index (χ1n) is 15.4. The van der Waals surface area contributed by atoms with Gasteiger partial charge in [-0.15, -0.1) is 0 Å². The minimum atomic E-state index is -1.53. The van der Waals surface area contributed by atoms with Gasteiger partial charge in [0.1, 0.15) is 24.8 Å². The third kappa shape index (κ3) is 20.2. The van der Waals surface area contributed by atoms with Gasteiger partial charge in [-0.2, -0.15) is 0 Å². The molecule has 0 bridgehead atoms. The summed E-state index contributed by atoms with van der Waals surface area (Å²) in [5.74, 6) is 4.50. The molecule has 0 spiro atoms. The van der Waals surface area contributed by atoms with Crippen LogP contribution >= 0.6 is 0 Å². The highest BCUT2D eigenvalue weighted by molar-refractivity contribution is 5.90. The fraction of sp³-hybridized carbons (Fsp3) is 0.229. The molecule has 3 rings (SSSR count). The minimum absolute atomic E-state index is 0.0158. The summed E-state index contributed by atoms with van der Waals surface area (Å²) in [6, 6.07) is 4.37. The van der Waals surface area contributed by atoms with Crippen molar-refractivity contribution in [3.05, 3.63) is 120 Å². The van der Waals surface area contributed by atoms with Crippen LogP contribution in [0.15, 0.2) is 109 Å². The Morgan fingerprint density at radius 2 is 1.77 bits per heavy atom. The number of carbonyl (C=O) groups excluding carboxylic acids is 1. The molecule has 0 amide bonds. The number of hydrogen-bond acceptors (Lipinski definition) is 12. The fourth-order valence-electron chi connectivity index (χ4n) is 3.74. The fourth-order valence-corrected chi connectivity index (χ4v) is 3.74. The van der Waals surface area contributed by atoms with Crippen molar-refractivity contribution in [1.29, 1.82) is 5.41 Å². The summed E-state index contributed by atoms with van der Waals surface area (Å²) in [6.07, 6.45) is 18.5. The van der Waals surface area contributed by atoms with Crippen molar-refractivity contribution in [2.45, 2.75) is 13.3 Å². The third-order valence-corrected chi connectivity index (χ3v) is 6.10. The lowest BCUT2D eigenvalue weighted by Crippen LogP contribution is -2.39. The van der Waals surface area contributed by atoms with E-state index < -0.39 is 29.2 Å². The Morgan fingerprint density at radius 1 is 1.09 bits per heavy atom. The lowest BCUT2D eigenvalue weighted by molar-refractivity contribution is -0.134. The smallest absolute Gasteiger partial charge is 0.338 e. The zero-order chi connectivity index (χ0) is 40.0. The summed E-state index contributed by atoms with van der Waals surface area (Å²) in [7, 11) is 0. The summed E-state index contributed by atoms with van der Waals surface area (Å²) < 4.78 is 47.2. The number of carboxylic acids is 2. The van der Waals surface area contributed by atoms with Crippen LogP contribution in [0.4, 0.5) is 8.78 Å². The van der Waals surface area contributed by atoms with E-state index in [0.29, 0.717) is 49.6 Å². The molecule has 1 saturated heterocycles. The van der Waals surface area contributed by atoms with E-state index in [9.17, 15) is 13.6 Å². The van der Waals surface area contributed by atoms with Crippen molar-refractivity contribution >= 4 is 36.5 Å². The number of carbonyl (C=O) groups is 3. The second-order valence-electron chi connectivity index (χ2n) is 9.82. The molecule has 1 aliphatic rings. The molecule has 1 aromatic carbocycles. The lowest BCUT2D eigenvalue weighted by Gasteiger charge is -2.27. The summed E-state index contributed by atoms with van der Waals surface area (Å²) in [5.41, 5.74) is 5.94. The molecular formula is C35H45F2N7O9. The number of imidazole rings is 1. The van der Waals surface area contributed by atoms with E-state index in [1.165, 1.54) is 24.3 Å². The molecule has 1 fully saturated rings. The number of morpholine rings is 1. The zero-order valence-corrected chi connectivity index (χ0v) is 29.0. The maximum absolute atomic E-state index is 14.9. The number of carboxylic acid groups (broad SMARTS) is 2. The average Bonchev–Trinajstić information content (AvgIpc) is 3.71. The van der Waals surface area contributed by atoms with Gasteiger partial charge in [-0.25, -0.2) is 18.6 Å². The van der Waals surface area contributed by atoms with Crippen LogP contribution in [-0.2, 0) is 23.9 Å². The standard InChI is InChI=1S/C32H35F2N5O6.C2H4O2.CH2O.H4N2/c33-26-11-10-24(6-4-9-31(36)39-13-12-37-23-39)20-29(26)45-17-5-16-44-28(27(34)21-25(22-40)32(41)42)7-2-1-3-8-30(35)38-14-18-43-19-15-38;1-2(3)4;2*1-2/h1-4,6-13,20-23,35,40H,5,14-19,36H2,(H,41,42);1H3,(H,3,4);1H2;1-2H2/b2-1-,6-4+,8-3-,25-22+,27-21+,28-7+,31-9+,35-30?;;;. The molecule has 0 radical (unpaired) electrons. The number of hydrazine groups is 1. The van der Waals surface area contributed by atoms with E-state index in [1.54, 1.807) is 65.8 Å². The number of nitrogens with zero attached hydrogens (tertiary/aromatic N) is 3. The van der Waals surface area contributed by atoms with E-state index in [4.69, 9.17) is 50.3 Å². The van der Waals surface area contributed by atoms with Crippen LogP contribution in [0.2, 0.25) is 0 Å². The third-order valence-electron chi connectivity index (χ3n) is 6.10. The first kappa shape index (κ1) is 46.6. The first-order valence-corrected chi connectivity index (χ1v) is 15.4. The van der Waals surface area contributed by atoms with Gasteiger partial charge in [-0.05, 0) is 42.0 Å². The molecule has 2 heterocycles. The Morgan fingerprint density at radius 3 is 2.38 bits per heavy atom. The summed E-state index contributed by atoms with van der Waals surface area (Å²) in [5, 5.41) is 33.7. The number of hydrogen-bond donors (Lipinski definition) is 7. The molecule has 16 nitrogen and oxygen atoms in total. The Balaban J connectivity index is 0.00000311. The largest absolute Gasteiger partial charge is 0.515 e. The molecule has 0 unspecified atom stereocenters. The highest BCUT2D eigenvalue weighted by Crippen LogP contribution is 2.21. The van der Waals surface area contributed by atoms with E-state index in [0.717, 1.165) is 6.92 Å². The van der Waals surface area contributed by atoms with Crippen LogP contribution in [0.1, 0.15) is 18.9 Å². The van der Waals surface area contributed by atoms with Crippen molar-refractivity contribution in [2.75, 3.05) is 39.5 Å². The van der Waals surface area contributed by atoms with Gasteiger partial charge in [-0.3, -0.25) is 26.5 Å². The molecule has 10 N–H and O–H groups in total. The van der Waals surface area contributed by atoms with Gasteiger partial charge in [0.2, 0.25) is 0 Å². The van der Waals surface area contributed by atoms with Crippen LogP contribution < -0.4 is 22.2 Å². The van der Waals surface area contributed by atoms with E-state index in [-0.39, 0.29) is 37.4 Å². The second kappa shape index (κ2) is 28.3. The van der Waals surface area contributed by atoms with Crippen molar-refractivity contribution in [1.82, 2.24) is 14.5 Å². The Kier molecular flexibility index (Phi) is 24.9. The van der Waals surface area contributed by atoms with E-state index >= 15 is 0 Å². The topological polar surface area (TPSA) is 263 Å². The normalized spacial score (nSPS) is 13.7. The predicted molar refractivity (Wildman–Crippen MR) is 195 cm³/mol. The number of aliphatic carboxylic acids is 2. The van der Waals surface area contributed by atoms with E-state index in [2.05, 4.69) is 16.7 Å². The van der Waals surface area contributed by atoms with Crippen LogP contribution in [0, 0.1) is 11.2 Å². The van der Waals surface area contributed by atoms with E-state index in [1.807, 2.05) is 11.7 Å². The number of allylic oxidation sites excluding steroid dienone is 7. The Hall–Kier alpha value is -6.37. The molecule has 0 atom stereocenters. The molecule has 18 heteroatoms. The van der Waals surface area contributed by atoms with Gasteiger partial charge in [0, 0.05) is 38.8 Å².